The molecule has 1 aromatic heterocycles. The molecule has 2 heterocycles. The number of halogens is 6. The van der Waals surface area contributed by atoms with Gasteiger partial charge in [-0.3, -0.25) is 9.59 Å². The highest BCUT2D eigenvalue weighted by atomic mass is 79.9. The summed E-state index contributed by atoms with van der Waals surface area (Å²) in [6.07, 6.45) is -6.39. The summed E-state index contributed by atoms with van der Waals surface area (Å²) in [5.41, 5.74) is -1.68. The molecule has 1 atom stereocenters. The second-order valence-electron chi connectivity index (χ2n) is 9.22. The second kappa shape index (κ2) is 12.3. The van der Waals surface area contributed by atoms with E-state index in [1.54, 1.807) is 5.32 Å². The van der Waals surface area contributed by atoms with Crippen molar-refractivity contribution in [3.8, 4) is 0 Å². The number of hydrogen-bond acceptors (Lipinski definition) is 6. The van der Waals surface area contributed by atoms with Crippen molar-refractivity contribution in [3.05, 3.63) is 45.6 Å². The summed E-state index contributed by atoms with van der Waals surface area (Å²) in [4.78, 5) is 40.9. The zero-order chi connectivity index (χ0) is 30.8. The molecule has 1 aliphatic rings. The zero-order valence-electron chi connectivity index (χ0n) is 21.6. The number of nitrogens with one attached hydrogen (secondary N) is 2. The SMILES string of the molecule is Cc1c(Br)c(C(F)(F)F)nc(N2CCCC(F)(F)CC2)c1C(=O)Nc1cccc(S(C)(=O)=NC(=O)CNC(=O)O)c1. The van der Waals surface area contributed by atoms with E-state index in [0.717, 1.165) is 6.26 Å². The summed E-state index contributed by atoms with van der Waals surface area (Å²) in [6.45, 7) is 0.160. The predicted octanol–water partition coefficient (Wildman–Crippen LogP) is 5.30. The second-order valence-corrected chi connectivity index (χ2v) is 12.3. The number of pyridine rings is 1. The maximum Gasteiger partial charge on any atom is 0.434 e. The molecule has 224 valence electrons. The van der Waals surface area contributed by atoms with Crippen LogP contribution >= 0.6 is 15.9 Å². The molecule has 3 rings (SSSR count). The Morgan fingerprint density at radius 1 is 1.22 bits per heavy atom. The van der Waals surface area contributed by atoms with Crippen molar-refractivity contribution < 1.29 is 45.7 Å². The van der Waals surface area contributed by atoms with Gasteiger partial charge in [-0.2, -0.15) is 17.5 Å². The van der Waals surface area contributed by atoms with Crippen LogP contribution in [0.1, 0.15) is 40.9 Å². The van der Waals surface area contributed by atoms with Gasteiger partial charge in [-0.15, -0.1) is 0 Å². The number of rotatable bonds is 6. The van der Waals surface area contributed by atoms with Gasteiger partial charge in [0.05, 0.1) is 19.8 Å². The van der Waals surface area contributed by atoms with Gasteiger partial charge in [0.25, 0.3) is 11.8 Å². The van der Waals surface area contributed by atoms with Gasteiger partial charge in [-0.05, 0) is 53.0 Å². The predicted molar refractivity (Wildman–Crippen MR) is 143 cm³/mol. The normalized spacial score (nSPS) is 16.7. The summed E-state index contributed by atoms with van der Waals surface area (Å²) >= 11 is 2.87. The lowest BCUT2D eigenvalue weighted by Crippen LogP contribution is -2.31. The molecule has 2 aromatic rings. The van der Waals surface area contributed by atoms with Crippen molar-refractivity contribution in [2.75, 3.05) is 36.1 Å². The van der Waals surface area contributed by atoms with E-state index in [-0.39, 0.29) is 41.2 Å². The molecule has 1 saturated heterocycles. The quantitative estimate of drug-likeness (QED) is 0.355. The average molecular weight is 670 g/mol. The Kier molecular flexibility index (Phi) is 9.62. The van der Waals surface area contributed by atoms with Gasteiger partial charge in [-0.25, -0.2) is 22.8 Å². The minimum Gasteiger partial charge on any atom is -0.465 e. The minimum atomic E-state index is -4.90. The van der Waals surface area contributed by atoms with Crippen molar-refractivity contribution in [1.82, 2.24) is 10.3 Å². The lowest BCUT2D eigenvalue weighted by molar-refractivity contribution is -0.141. The van der Waals surface area contributed by atoms with E-state index < -0.39 is 75.1 Å². The van der Waals surface area contributed by atoms with Crippen LogP contribution < -0.4 is 15.5 Å². The highest BCUT2D eigenvalue weighted by molar-refractivity contribution is 9.10. The lowest BCUT2D eigenvalue weighted by atomic mass is 10.1. The largest absolute Gasteiger partial charge is 0.465 e. The van der Waals surface area contributed by atoms with E-state index >= 15 is 0 Å². The van der Waals surface area contributed by atoms with Crippen LogP contribution in [0.15, 0.2) is 38.0 Å². The van der Waals surface area contributed by atoms with E-state index in [4.69, 9.17) is 5.11 Å². The number of carbonyl (C=O) groups excluding carboxylic acids is 2. The van der Waals surface area contributed by atoms with Gasteiger partial charge in [0.1, 0.15) is 12.4 Å². The third kappa shape index (κ3) is 8.12. The standard InChI is InChI=1S/C24H25BrF5N5O5S/c1-13-17(20(33-19(18(13)25)24(28,29)30)35-9-4-7-23(26,27)8-10-35)21(37)32-14-5-3-6-15(11-14)41(2,40)34-16(36)12-31-22(38)39/h3,5-6,11,31H,4,7-10,12H2,1-2H3,(H,32,37)(H,38,39). The molecule has 0 bridgehead atoms. The summed E-state index contributed by atoms with van der Waals surface area (Å²) in [7, 11) is -3.39. The van der Waals surface area contributed by atoms with Crippen LogP contribution in [0.25, 0.3) is 0 Å². The fourth-order valence-electron chi connectivity index (χ4n) is 4.06. The summed E-state index contributed by atoms with van der Waals surface area (Å²) in [6, 6.07) is 5.35. The first-order valence-electron chi connectivity index (χ1n) is 11.9. The fourth-order valence-corrected chi connectivity index (χ4v) is 5.81. The Morgan fingerprint density at radius 2 is 1.90 bits per heavy atom. The number of benzene rings is 1. The molecule has 1 unspecified atom stereocenters. The highest BCUT2D eigenvalue weighted by Crippen LogP contribution is 2.40. The number of carbonyl (C=O) groups is 3. The summed E-state index contributed by atoms with van der Waals surface area (Å²) in [5.74, 6) is -5.33. The van der Waals surface area contributed by atoms with Crippen LogP contribution in [-0.4, -0.2) is 64.0 Å². The first-order valence-corrected chi connectivity index (χ1v) is 14.7. The number of aromatic nitrogens is 1. The average Bonchev–Trinajstić information content (AvgIpc) is 3.03. The number of nitrogens with zero attached hydrogens (tertiary/aromatic N) is 3. The molecule has 1 fully saturated rings. The summed E-state index contributed by atoms with van der Waals surface area (Å²) < 4.78 is 85.4. The fraction of sp³-hybridized carbons (Fsp3) is 0.417. The van der Waals surface area contributed by atoms with E-state index in [1.165, 1.54) is 36.1 Å². The van der Waals surface area contributed by atoms with Gasteiger partial charge in [0.2, 0.25) is 5.92 Å². The van der Waals surface area contributed by atoms with Crippen LogP contribution in [0.3, 0.4) is 0 Å². The summed E-state index contributed by atoms with van der Waals surface area (Å²) in [5, 5.41) is 12.9. The van der Waals surface area contributed by atoms with Gasteiger partial charge in [0, 0.05) is 42.8 Å². The number of alkyl halides is 5. The van der Waals surface area contributed by atoms with Gasteiger partial charge >= 0.3 is 12.3 Å². The van der Waals surface area contributed by atoms with E-state index in [2.05, 4.69) is 30.6 Å². The molecule has 3 N–H and O–H groups in total. The number of amides is 3. The molecule has 1 aliphatic heterocycles. The first-order chi connectivity index (χ1) is 18.9. The molecule has 17 heteroatoms. The van der Waals surface area contributed by atoms with Gasteiger partial charge in [-0.1, -0.05) is 6.07 Å². The number of carboxylic acid groups (broad SMARTS) is 1. The van der Waals surface area contributed by atoms with E-state index in [0.29, 0.717) is 0 Å². The number of hydrogen-bond donors (Lipinski definition) is 3. The molecule has 0 saturated carbocycles. The molecular formula is C24H25BrF5N5O5S. The maximum atomic E-state index is 14.0. The maximum absolute atomic E-state index is 14.0. The van der Waals surface area contributed by atoms with Crippen molar-refractivity contribution in [1.29, 1.82) is 0 Å². The minimum absolute atomic E-state index is 0.00241. The molecule has 0 aliphatic carbocycles. The van der Waals surface area contributed by atoms with Crippen LogP contribution in [0.2, 0.25) is 0 Å². The van der Waals surface area contributed by atoms with E-state index in [1.807, 2.05) is 0 Å². The molecule has 10 nitrogen and oxygen atoms in total. The third-order valence-electron chi connectivity index (χ3n) is 6.06. The number of anilines is 2. The monoisotopic (exact) mass is 669 g/mol. The van der Waals surface area contributed by atoms with Gasteiger partial charge in [0.15, 0.2) is 5.69 Å². The van der Waals surface area contributed by atoms with Crippen molar-refractivity contribution >= 4 is 55.1 Å². The molecular weight excluding hydrogens is 645 g/mol. The highest BCUT2D eigenvalue weighted by Gasteiger charge is 2.40. The van der Waals surface area contributed by atoms with Crippen LogP contribution in [0, 0.1) is 6.92 Å². The van der Waals surface area contributed by atoms with Crippen LogP contribution in [0.5, 0.6) is 0 Å². The Labute approximate surface area is 240 Å². The Morgan fingerprint density at radius 3 is 2.54 bits per heavy atom. The third-order valence-corrected chi connectivity index (χ3v) is 8.71. The van der Waals surface area contributed by atoms with Crippen molar-refractivity contribution in [2.45, 2.75) is 43.2 Å². The van der Waals surface area contributed by atoms with Crippen LogP contribution in [-0.2, 0) is 20.7 Å². The molecule has 0 spiro atoms. The first kappa shape index (κ1) is 32.2. The topological polar surface area (TPSA) is 141 Å². The molecule has 0 radical (unpaired) electrons. The van der Waals surface area contributed by atoms with Crippen LogP contribution in [0.4, 0.5) is 38.3 Å². The van der Waals surface area contributed by atoms with Crippen molar-refractivity contribution in [3.63, 3.8) is 0 Å². The zero-order valence-corrected chi connectivity index (χ0v) is 24.1. The van der Waals surface area contributed by atoms with Crippen molar-refractivity contribution in [2.24, 2.45) is 4.36 Å². The lowest BCUT2D eigenvalue weighted by Gasteiger charge is -2.27. The van der Waals surface area contributed by atoms with E-state index in [9.17, 15) is 40.5 Å². The Bertz CT molecular complexity index is 1490. The Hall–Kier alpha value is -3.34. The molecule has 41 heavy (non-hydrogen) atoms. The Balaban J connectivity index is 2.02. The van der Waals surface area contributed by atoms with Gasteiger partial charge < -0.3 is 20.6 Å². The smallest absolute Gasteiger partial charge is 0.434 e. The molecule has 1 aromatic carbocycles. The molecule has 3 amide bonds.